The number of benzene rings is 3. The van der Waals surface area contributed by atoms with Crippen LogP contribution in [0.4, 0.5) is 9.18 Å². The third-order valence-electron chi connectivity index (χ3n) is 6.13. The highest BCUT2D eigenvalue weighted by molar-refractivity contribution is 8.18. The maximum atomic E-state index is 13.2. The van der Waals surface area contributed by atoms with Gasteiger partial charge in [-0.15, -0.1) is 0 Å². The molecule has 1 saturated heterocycles. The van der Waals surface area contributed by atoms with Crippen molar-refractivity contribution in [3.63, 3.8) is 0 Å². The van der Waals surface area contributed by atoms with E-state index >= 15 is 0 Å². The number of rotatable bonds is 8. The van der Waals surface area contributed by atoms with Crippen molar-refractivity contribution in [1.82, 2.24) is 9.47 Å². The number of ether oxygens (including phenoxy) is 1. The van der Waals surface area contributed by atoms with Crippen molar-refractivity contribution in [3.05, 3.63) is 106 Å². The van der Waals surface area contributed by atoms with E-state index in [1.54, 1.807) is 18.2 Å². The van der Waals surface area contributed by atoms with E-state index in [1.165, 1.54) is 17.0 Å². The zero-order valence-electron chi connectivity index (χ0n) is 19.8. The van der Waals surface area contributed by atoms with Gasteiger partial charge in [0.15, 0.2) is 0 Å². The summed E-state index contributed by atoms with van der Waals surface area (Å²) < 4.78 is 21.3. The highest BCUT2D eigenvalue weighted by atomic mass is 32.2. The zero-order valence-corrected chi connectivity index (χ0v) is 20.6. The van der Waals surface area contributed by atoms with E-state index in [-0.39, 0.29) is 23.5 Å². The molecule has 0 N–H and O–H groups in total. The van der Waals surface area contributed by atoms with Crippen molar-refractivity contribution in [2.75, 3.05) is 6.61 Å². The number of hydrogen-bond donors (Lipinski definition) is 0. The second-order valence-electron chi connectivity index (χ2n) is 8.66. The Morgan fingerprint density at radius 2 is 1.72 bits per heavy atom. The Morgan fingerprint density at radius 1 is 0.972 bits per heavy atom. The summed E-state index contributed by atoms with van der Waals surface area (Å²) in [6, 6.07) is 21.8. The van der Waals surface area contributed by atoms with E-state index in [1.807, 2.05) is 55.6 Å². The standard InChI is InChI=1S/C29H25FN2O3S/c1-20-7-2-5-10-26(20)35-16-6-15-31-19-22(24-8-3-4-9-25(24)31)17-27-28(33)32(29(34)36-27)18-21-11-13-23(30)14-12-21/h2-5,7-14,17,19H,6,15-16,18H2,1H3/b27-17-. The lowest BCUT2D eigenvalue weighted by atomic mass is 10.1. The summed E-state index contributed by atoms with van der Waals surface area (Å²) in [5.74, 6) is 0.204. The second kappa shape index (κ2) is 10.4. The van der Waals surface area contributed by atoms with Crippen LogP contribution < -0.4 is 4.74 Å². The molecule has 4 aromatic rings. The van der Waals surface area contributed by atoms with Crippen LogP contribution in [0.25, 0.3) is 17.0 Å². The van der Waals surface area contributed by atoms with Gasteiger partial charge < -0.3 is 9.30 Å². The first-order valence-electron chi connectivity index (χ1n) is 11.8. The molecule has 0 radical (unpaired) electrons. The number of aromatic nitrogens is 1. The molecule has 5 rings (SSSR count). The number of nitrogens with zero attached hydrogens (tertiary/aromatic N) is 2. The Kier molecular flexibility index (Phi) is 6.91. The maximum Gasteiger partial charge on any atom is 0.293 e. The normalized spacial score (nSPS) is 14.8. The molecule has 182 valence electrons. The molecular weight excluding hydrogens is 475 g/mol. The van der Waals surface area contributed by atoms with Crippen LogP contribution >= 0.6 is 11.8 Å². The quantitative estimate of drug-likeness (QED) is 0.197. The number of thioether (sulfide) groups is 1. The van der Waals surface area contributed by atoms with E-state index < -0.39 is 0 Å². The van der Waals surface area contributed by atoms with Gasteiger partial charge in [0, 0.05) is 29.2 Å². The monoisotopic (exact) mass is 500 g/mol. The number of carbonyl (C=O) groups excluding carboxylic acids is 2. The first-order chi connectivity index (χ1) is 17.5. The van der Waals surface area contributed by atoms with Gasteiger partial charge >= 0.3 is 0 Å². The van der Waals surface area contributed by atoms with Gasteiger partial charge in [0.05, 0.1) is 18.1 Å². The van der Waals surface area contributed by atoms with Crippen molar-refractivity contribution in [2.24, 2.45) is 0 Å². The predicted octanol–water partition coefficient (Wildman–Crippen LogP) is 6.79. The number of imide groups is 1. The third kappa shape index (κ3) is 5.06. The molecule has 0 saturated carbocycles. The average molecular weight is 501 g/mol. The van der Waals surface area contributed by atoms with Crippen molar-refractivity contribution in [2.45, 2.75) is 26.4 Å². The number of amides is 2. The van der Waals surface area contributed by atoms with E-state index in [0.717, 1.165) is 52.5 Å². The molecular formula is C29H25FN2O3S. The van der Waals surface area contributed by atoms with Gasteiger partial charge in [-0.2, -0.15) is 0 Å². The molecule has 36 heavy (non-hydrogen) atoms. The lowest BCUT2D eigenvalue weighted by Gasteiger charge is -2.12. The summed E-state index contributed by atoms with van der Waals surface area (Å²) in [7, 11) is 0. The lowest BCUT2D eigenvalue weighted by molar-refractivity contribution is -0.123. The summed E-state index contributed by atoms with van der Waals surface area (Å²) >= 11 is 0.932. The summed E-state index contributed by atoms with van der Waals surface area (Å²) in [4.78, 5) is 27.2. The number of fused-ring (bicyclic) bond motifs is 1. The van der Waals surface area contributed by atoms with E-state index in [9.17, 15) is 14.0 Å². The predicted molar refractivity (Wildman–Crippen MR) is 141 cm³/mol. The number of aryl methyl sites for hydroxylation is 2. The van der Waals surface area contributed by atoms with Gasteiger partial charge in [0.1, 0.15) is 11.6 Å². The molecule has 0 unspecified atom stereocenters. The molecule has 1 aliphatic rings. The van der Waals surface area contributed by atoms with Gasteiger partial charge in [0.2, 0.25) is 0 Å². The van der Waals surface area contributed by atoms with Crippen LogP contribution in [0.2, 0.25) is 0 Å². The fourth-order valence-corrected chi connectivity index (χ4v) is 5.09. The fourth-order valence-electron chi connectivity index (χ4n) is 4.26. The largest absolute Gasteiger partial charge is 0.493 e. The average Bonchev–Trinajstić information content (AvgIpc) is 3.36. The minimum absolute atomic E-state index is 0.116. The number of halogens is 1. The van der Waals surface area contributed by atoms with Crippen LogP contribution in [0.3, 0.4) is 0 Å². The van der Waals surface area contributed by atoms with Crippen LogP contribution in [0, 0.1) is 12.7 Å². The lowest BCUT2D eigenvalue weighted by Crippen LogP contribution is -2.27. The van der Waals surface area contributed by atoms with Crippen molar-refractivity contribution in [1.29, 1.82) is 0 Å². The van der Waals surface area contributed by atoms with Crippen LogP contribution in [-0.4, -0.2) is 27.2 Å². The molecule has 1 fully saturated rings. The van der Waals surface area contributed by atoms with E-state index in [2.05, 4.69) is 10.6 Å². The molecule has 1 aromatic heterocycles. The van der Waals surface area contributed by atoms with Gasteiger partial charge in [-0.25, -0.2) is 4.39 Å². The Morgan fingerprint density at radius 3 is 2.53 bits per heavy atom. The third-order valence-corrected chi connectivity index (χ3v) is 7.04. The summed E-state index contributed by atoms with van der Waals surface area (Å²) in [6.07, 6.45) is 4.63. The van der Waals surface area contributed by atoms with Crippen molar-refractivity contribution >= 4 is 39.9 Å². The molecule has 2 amide bonds. The summed E-state index contributed by atoms with van der Waals surface area (Å²) in [5, 5.41) is 0.690. The highest BCUT2D eigenvalue weighted by Crippen LogP contribution is 2.35. The molecule has 0 spiro atoms. The van der Waals surface area contributed by atoms with E-state index in [4.69, 9.17) is 4.74 Å². The maximum absolute atomic E-state index is 13.2. The number of hydrogen-bond acceptors (Lipinski definition) is 4. The first kappa shape index (κ1) is 23.9. The van der Waals surface area contributed by atoms with Gasteiger partial charge in [-0.05, 0) is 66.6 Å². The van der Waals surface area contributed by atoms with Crippen LogP contribution in [0.15, 0.2) is 83.9 Å². The van der Waals surface area contributed by atoms with Crippen LogP contribution in [0.1, 0.15) is 23.1 Å². The van der Waals surface area contributed by atoms with Crippen LogP contribution in [-0.2, 0) is 17.9 Å². The topological polar surface area (TPSA) is 51.5 Å². The molecule has 1 aliphatic heterocycles. The highest BCUT2D eigenvalue weighted by Gasteiger charge is 2.35. The summed E-state index contributed by atoms with van der Waals surface area (Å²) in [6.45, 7) is 3.49. The molecule has 5 nitrogen and oxygen atoms in total. The molecule has 2 heterocycles. The zero-order chi connectivity index (χ0) is 25.1. The van der Waals surface area contributed by atoms with Crippen molar-refractivity contribution in [3.8, 4) is 5.75 Å². The Bertz CT molecular complexity index is 1460. The molecule has 7 heteroatoms. The minimum Gasteiger partial charge on any atom is -0.493 e. The van der Waals surface area contributed by atoms with Gasteiger partial charge in [-0.1, -0.05) is 48.5 Å². The fraction of sp³-hybridized carbons (Fsp3) is 0.172. The van der Waals surface area contributed by atoms with Gasteiger partial charge in [0.25, 0.3) is 11.1 Å². The number of para-hydroxylation sites is 2. The Balaban J connectivity index is 1.31. The van der Waals surface area contributed by atoms with E-state index in [0.29, 0.717) is 17.1 Å². The van der Waals surface area contributed by atoms with Crippen molar-refractivity contribution < 1.29 is 18.7 Å². The molecule has 0 aliphatic carbocycles. The smallest absolute Gasteiger partial charge is 0.293 e. The van der Waals surface area contributed by atoms with Gasteiger partial charge in [-0.3, -0.25) is 14.5 Å². The SMILES string of the molecule is Cc1ccccc1OCCCn1cc(/C=C2\SC(=O)N(Cc3ccc(F)cc3)C2=O)c2ccccc21. The number of carbonyl (C=O) groups is 2. The Labute approximate surface area is 213 Å². The summed E-state index contributed by atoms with van der Waals surface area (Å²) in [5.41, 5.74) is 3.76. The minimum atomic E-state index is -0.356. The molecule has 0 atom stereocenters. The Hall–Kier alpha value is -3.84. The first-order valence-corrected chi connectivity index (χ1v) is 12.6. The molecule has 0 bridgehead atoms. The van der Waals surface area contributed by atoms with Crippen LogP contribution in [0.5, 0.6) is 5.75 Å². The molecule has 3 aromatic carbocycles. The second-order valence-corrected chi connectivity index (χ2v) is 9.65.